The van der Waals surface area contributed by atoms with Gasteiger partial charge in [0.25, 0.3) is 0 Å². The molecule has 31 heavy (non-hydrogen) atoms. The molecule has 3 aromatic rings. The van der Waals surface area contributed by atoms with Crippen molar-refractivity contribution in [2.24, 2.45) is 0 Å². The summed E-state index contributed by atoms with van der Waals surface area (Å²) in [5, 5.41) is 0.0965. The maximum Gasteiger partial charge on any atom is 0.235 e. The van der Waals surface area contributed by atoms with E-state index in [1.807, 2.05) is 18.2 Å². The Morgan fingerprint density at radius 2 is 1.19 bits per heavy atom. The molecule has 3 heteroatoms. The van der Waals surface area contributed by atoms with Crippen molar-refractivity contribution in [3.8, 4) is 0 Å². The van der Waals surface area contributed by atoms with Crippen molar-refractivity contribution in [2.75, 3.05) is 0 Å². The smallest absolute Gasteiger partial charge is 0.235 e. The third-order valence-electron chi connectivity index (χ3n) is 6.52. The Hall–Kier alpha value is -2.62. The number of rotatable bonds is 5. The normalized spacial score (nSPS) is 18.8. The molecule has 1 aliphatic heterocycles. The van der Waals surface area contributed by atoms with Crippen molar-refractivity contribution in [3.05, 3.63) is 113 Å². The molecule has 1 heterocycles. The molecule has 0 aromatic heterocycles. The van der Waals surface area contributed by atoms with Gasteiger partial charge in [-0.3, -0.25) is 0 Å². The van der Waals surface area contributed by atoms with Gasteiger partial charge in [0.15, 0.2) is 8.32 Å². The Morgan fingerprint density at radius 3 is 1.61 bits per heavy atom. The van der Waals surface area contributed by atoms with Gasteiger partial charge in [-0.1, -0.05) is 112 Å². The summed E-state index contributed by atoms with van der Waals surface area (Å²) >= 11 is 0. The third-order valence-corrected chi connectivity index (χ3v) is 11.0. The highest BCUT2D eigenvalue weighted by Crippen LogP contribution is 2.53. The van der Waals surface area contributed by atoms with Gasteiger partial charge in [-0.15, -0.1) is 0 Å². The zero-order valence-corrected chi connectivity index (χ0v) is 20.2. The van der Waals surface area contributed by atoms with Crippen LogP contribution in [0.5, 0.6) is 0 Å². The molecule has 4 rings (SSSR count). The van der Waals surface area contributed by atoms with Crippen LogP contribution in [0.2, 0.25) is 18.1 Å². The molecule has 0 saturated carbocycles. The van der Waals surface area contributed by atoms with Gasteiger partial charge in [0.1, 0.15) is 5.76 Å². The summed E-state index contributed by atoms with van der Waals surface area (Å²) in [5.41, 5.74) is 4.56. The summed E-state index contributed by atoms with van der Waals surface area (Å²) in [6.07, 6.45) is 0.725. The van der Waals surface area contributed by atoms with E-state index in [1.165, 1.54) is 0 Å². The Bertz CT molecular complexity index is 999. The number of hydrogen-bond acceptors (Lipinski definition) is 2. The summed E-state index contributed by atoms with van der Waals surface area (Å²) < 4.78 is 13.7. The van der Waals surface area contributed by atoms with Crippen LogP contribution in [0.25, 0.3) is 5.57 Å². The van der Waals surface area contributed by atoms with E-state index in [-0.39, 0.29) is 5.04 Å². The topological polar surface area (TPSA) is 18.5 Å². The van der Waals surface area contributed by atoms with Gasteiger partial charge in [-0.05, 0) is 29.3 Å². The van der Waals surface area contributed by atoms with Gasteiger partial charge < -0.3 is 9.16 Å². The first-order valence-electron chi connectivity index (χ1n) is 11.0. The monoisotopic (exact) mass is 428 g/mol. The Morgan fingerprint density at radius 1 is 0.774 bits per heavy atom. The molecule has 1 fully saturated rings. The van der Waals surface area contributed by atoms with Crippen LogP contribution >= 0.6 is 0 Å². The van der Waals surface area contributed by atoms with Gasteiger partial charge >= 0.3 is 0 Å². The van der Waals surface area contributed by atoms with Crippen LogP contribution in [-0.4, -0.2) is 8.32 Å². The summed E-state index contributed by atoms with van der Waals surface area (Å²) in [6.45, 7) is 11.4. The van der Waals surface area contributed by atoms with Crippen LogP contribution in [0.1, 0.15) is 43.9 Å². The molecule has 0 N–H and O–H groups in total. The van der Waals surface area contributed by atoms with E-state index in [0.717, 1.165) is 34.4 Å². The highest BCUT2D eigenvalue weighted by Gasteiger charge is 2.53. The summed E-state index contributed by atoms with van der Waals surface area (Å²) in [6, 6.07) is 31.4. The second kappa shape index (κ2) is 8.14. The van der Waals surface area contributed by atoms with Crippen molar-refractivity contribution in [1.82, 2.24) is 0 Å². The van der Waals surface area contributed by atoms with E-state index in [2.05, 4.69) is 107 Å². The predicted molar refractivity (Wildman–Crippen MR) is 131 cm³/mol. The van der Waals surface area contributed by atoms with Crippen molar-refractivity contribution >= 4 is 13.9 Å². The molecule has 0 spiro atoms. The van der Waals surface area contributed by atoms with E-state index in [1.54, 1.807) is 0 Å². The maximum absolute atomic E-state index is 6.95. The van der Waals surface area contributed by atoms with Gasteiger partial charge in [-0.2, -0.15) is 0 Å². The van der Waals surface area contributed by atoms with Crippen LogP contribution in [0.15, 0.2) is 96.8 Å². The van der Waals surface area contributed by atoms with E-state index in [4.69, 9.17) is 9.16 Å². The lowest BCUT2D eigenvalue weighted by atomic mass is 9.89. The number of hydrogen-bond donors (Lipinski definition) is 0. The fourth-order valence-electron chi connectivity index (χ4n) is 3.77. The Labute approximate surface area is 187 Å². The molecule has 1 aliphatic rings. The zero-order valence-electron chi connectivity index (χ0n) is 19.2. The van der Waals surface area contributed by atoms with Crippen molar-refractivity contribution < 1.29 is 9.16 Å². The van der Waals surface area contributed by atoms with Crippen LogP contribution < -0.4 is 0 Å². The summed E-state index contributed by atoms with van der Waals surface area (Å²) in [7, 11) is -2.06. The largest absolute Gasteiger partial charge is 0.462 e. The molecule has 0 bridgehead atoms. The number of ether oxygens (including phenoxy) is 1. The molecule has 0 radical (unpaired) electrons. The molecule has 0 aliphatic carbocycles. The summed E-state index contributed by atoms with van der Waals surface area (Å²) in [5.74, 6) is 0.258. The first kappa shape index (κ1) is 21.6. The molecular weight excluding hydrogens is 396 g/mol. The lowest BCUT2D eigenvalue weighted by Gasteiger charge is -2.51. The quantitative estimate of drug-likeness (QED) is 0.387. The fraction of sp³-hybridized carbons (Fsp3) is 0.286. The van der Waals surface area contributed by atoms with E-state index in [9.17, 15) is 0 Å². The third kappa shape index (κ3) is 4.25. The minimum Gasteiger partial charge on any atom is -0.462 e. The lowest BCUT2D eigenvalue weighted by Crippen LogP contribution is -2.53. The molecule has 0 amide bonds. The van der Waals surface area contributed by atoms with Crippen LogP contribution in [0.3, 0.4) is 0 Å². The van der Waals surface area contributed by atoms with Gasteiger partial charge in [0.05, 0.1) is 6.42 Å². The van der Waals surface area contributed by atoms with Gasteiger partial charge in [-0.25, -0.2) is 0 Å². The van der Waals surface area contributed by atoms with Crippen LogP contribution in [-0.2, 0) is 14.9 Å². The second-order valence-electron chi connectivity index (χ2n) is 9.79. The zero-order chi connectivity index (χ0) is 22.1. The maximum atomic E-state index is 6.95. The van der Waals surface area contributed by atoms with Crippen molar-refractivity contribution in [2.45, 2.75) is 51.1 Å². The minimum atomic E-state index is -2.06. The van der Waals surface area contributed by atoms with E-state index < -0.39 is 14.1 Å². The molecular formula is C28H32O2Si. The molecule has 2 nitrogen and oxygen atoms in total. The lowest BCUT2D eigenvalue weighted by molar-refractivity contribution is -0.238. The molecule has 1 unspecified atom stereocenters. The Kier molecular flexibility index (Phi) is 5.67. The molecule has 160 valence electrons. The first-order valence-corrected chi connectivity index (χ1v) is 13.9. The average Bonchev–Trinajstić information content (AvgIpc) is 2.73. The first-order chi connectivity index (χ1) is 14.7. The summed E-state index contributed by atoms with van der Waals surface area (Å²) in [4.78, 5) is 0. The molecule has 1 saturated heterocycles. The predicted octanol–water partition coefficient (Wildman–Crippen LogP) is 7.74. The van der Waals surface area contributed by atoms with E-state index >= 15 is 0 Å². The second-order valence-corrected chi connectivity index (χ2v) is 14.5. The molecule has 3 aromatic carbocycles. The van der Waals surface area contributed by atoms with Crippen molar-refractivity contribution in [1.29, 1.82) is 0 Å². The minimum absolute atomic E-state index is 0.0965. The van der Waals surface area contributed by atoms with Gasteiger partial charge in [0.2, 0.25) is 5.79 Å². The van der Waals surface area contributed by atoms with Crippen LogP contribution in [0, 0.1) is 0 Å². The standard InChI is InChI=1S/C28H32O2Si/c1-27(2,3)31(4,5)30-28(24-19-13-8-14-20-24)21-25(29-28)26(22-15-9-6-10-16-22)23-17-11-7-12-18-23/h6-20H,21H2,1-5H3. The number of benzene rings is 3. The molecule has 1 atom stereocenters. The fourth-order valence-corrected chi connectivity index (χ4v) is 5.14. The highest BCUT2D eigenvalue weighted by molar-refractivity contribution is 6.74. The van der Waals surface area contributed by atoms with E-state index in [0.29, 0.717) is 0 Å². The SMILES string of the molecule is CC(C)(C)[Si](C)(C)OC1(c2ccccc2)CC(=C(c2ccccc2)c2ccccc2)O1. The van der Waals surface area contributed by atoms with Crippen LogP contribution in [0.4, 0.5) is 0 Å². The van der Waals surface area contributed by atoms with Crippen molar-refractivity contribution in [3.63, 3.8) is 0 Å². The Balaban J connectivity index is 1.79. The average molecular weight is 429 g/mol. The van der Waals surface area contributed by atoms with Gasteiger partial charge in [0, 0.05) is 11.1 Å². The highest BCUT2D eigenvalue weighted by atomic mass is 28.4.